The van der Waals surface area contributed by atoms with E-state index in [0.717, 1.165) is 27.2 Å². The summed E-state index contributed by atoms with van der Waals surface area (Å²) in [4.78, 5) is 40.0. The van der Waals surface area contributed by atoms with Crippen LogP contribution in [-0.2, 0) is 11.3 Å². The van der Waals surface area contributed by atoms with Crippen molar-refractivity contribution in [3.05, 3.63) is 72.6 Å². The maximum atomic E-state index is 13.0. The molecule has 0 radical (unpaired) electrons. The number of amides is 2. The number of carbonyl (C=O) groups excluding carboxylic acids is 2. The molecule has 4 aromatic rings. The number of rotatable bonds is 4. The number of hydrogen-bond acceptors (Lipinski definition) is 5. The third-order valence-electron chi connectivity index (χ3n) is 5.28. The van der Waals surface area contributed by atoms with Crippen LogP contribution < -0.4 is 10.2 Å². The largest absolute Gasteiger partial charge is 0.345 e. The first-order valence-electron chi connectivity index (χ1n) is 9.82. The molecule has 0 aliphatic carbocycles. The Morgan fingerprint density at radius 2 is 2.10 bits per heavy atom. The van der Waals surface area contributed by atoms with Gasteiger partial charge in [-0.1, -0.05) is 30.3 Å². The van der Waals surface area contributed by atoms with E-state index in [-0.39, 0.29) is 17.5 Å². The fraction of sp³-hybridized carbons (Fsp3) is 0.182. The zero-order chi connectivity index (χ0) is 21.4. The molecule has 1 aliphatic rings. The number of aromatic nitrogens is 4. The lowest BCUT2D eigenvalue weighted by Crippen LogP contribution is -2.48. The van der Waals surface area contributed by atoms with Crippen molar-refractivity contribution in [2.24, 2.45) is 0 Å². The molecule has 156 valence electrons. The van der Waals surface area contributed by atoms with Gasteiger partial charge < -0.3 is 19.8 Å². The third-order valence-corrected chi connectivity index (χ3v) is 6.41. The van der Waals surface area contributed by atoms with Crippen molar-refractivity contribution in [2.45, 2.75) is 17.5 Å². The minimum atomic E-state index is -0.652. The monoisotopic (exact) mass is 432 g/mol. The second-order valence-corrected chi connectivity index (χ2v) is 8.45. The van der Waals surface area contributed by atoms with Crippen molar-refractivity contribution in [2.75, 3.05) is 17.7 Å². The number of likely N-dealkylation sites (N-methyl/N-ethyl adjacent to an activating group) is 1. The maximum Gasteiger partial charge on any atom is 0.272 e. The molecule has 5 rings (SSSR count). The van der Waals surface area contributed by atoms with Gasteiger partial charge in [0.1, 0.15) is 11.7 Å². The highest BCUT2D eigenvalue weighted by Gasteiger charge is 2.31. The lowest BCUT2D eigenvalue weighted by atomic mass is 10.2. The van der Waals surface area contributed by atoms with Gasteiger partial charge >= 0.3 is 0 Å². The molecule has 2 aromatic carbocycles. The zero-order valence-corrected chi connectivity index (χ0v) is 17.6. The van der Waals surface area contributed by atoms with Gasteiger partial charge in [0.15, 0.2) is 0 Å². The van der Waals surface area contributed by atoms with Gasteiger partial charge in [-0.25, -0.2) is 9.97 Å². The SMILES string of the molecule is CN1C(=O)[C@@H](NC(=O)c2cn(Cc3ccccc3)cn2)CSc2cc3[nH]cnc3cc21. The number of nitrogens with zero attached hydrogens (tertiary/aromatic N) is 4. The van der Waals surface area contributed by atoms with Crippen LogP contribution in [0.15, 0.2) is 66.2 Å². The standard InChI is InChI=1S/C22H20N6O2S/c1-27-19-7-15-16(24-12-23-15)8-20(19)31-11-18(22(27)30)26-21(29)17-10-28(13-25-17)9-14-5-3-2-4-6-14/h2-8,10,12-13,18H,9,11H2,1H3,(H,23,24)(H,26,29)/t18-/m0/s1. The van der Waals surface area contributed by atoms with E-state index in [2.05, 4.69) is 20.3 Å². The normalized spacial score (nSPS) is 16.2. The Morgan fingerprint density at radius 1 is 1.26 bits per heavy atom. The summed E-state index contributed by atoms with van der Waals surface area (Å²) in [6, 6.07) is 13.2. The summed E-state index contributed by atoms with van der Waals surface area (Å²) in [6.45, 7) is 0.624. The molecule has 0 saturated heterocycles. The van der Waals surface area contributed by atoms with Crippen molar-refractivity contribution >= 4 is 40.3 Å². The average molecular weight is 433 g/mol. The highest BCUT2D eigenvalue weighted by Crippen LogP contribution is 2.36. The Morgan fingerprint density at radius 3 is 2.94 bits per heavy atom. The Bertz CT molecular complexity index is 1270. The number of anilines is 1. The van der Waals surface area contributed by atoms with E-state index in [4.69, 9.17) is 0 Å². The van der Waals surface area contributed by atoms with Crippen molar-refractivity contribution in [1.29, 1.82) is 0 Å². The van der Waals surface area contributed by atoms with Crippen molar-refractivity contribution in [3.8, 4) is 0 Å². The van der Waals surface area contributed by atoms with Gasteiger partial charge in [0, 0.05) is 30.4 Å². The van der Waals surface area contributed by atoms with Crippen LogP contribution in [0.25, 0.3) is 11.0 Å². The van der Waals surface area contributed by atoms with E-state index in [1.807, 2.05) is 47.0 Å². The molecule has 3 heterocycles. The molecular formula is C22H20N6O2S. The zero-order valence-electron chi connectivity index (χ0n) is 16.8. The Labute approximate surface area is 182 Å². The summed E-state index contributed by atoms with van der Waals surface area (Å²) in [5.74, 6) is -0.0937. The van der Waals surface area contributed by atoms with E-state index >= 15 is 0 Å². The quantitative estimate of drug-likeness (QED) is 0.517. The molecule has 2 aromatic heterocycles. The number of thioether (sulfide) groups is 1. The maximum absolute atomic E-state index is 13.0. The van der Waals surface area contributed by atoms with Crippen molar-refractivity contribution < 1.29 is 9.59 Å². The average Bonchev–Trinajstić information content (AvgIpc) is 3.42. The summed E-state index contributed by atoms with van der Waals surface area (Å²) in [5, 5.41) is 2.85. The molecule has 31 heavy (non-hydrogen) atoms. The van der Waals surface area contributed by atoms with Crippen LogP contribution in [0.2, 0.25) is 0 Å². The minimum Gasteiger partial charge on any atom is -0.345 e. The lowest BCUT2D eigenvalue weighted by Gasteiger charge is -2.21. The predicted octanol–water partition coefficient (Wildman–Crippen LogP) is 2.67. The van der Waals surface area contributed by atoms with Crippen LogP contribution in [0.4, 0.5) is 5.69 Å². The van der Waals surface area contributed by atoms with Gasteiger partial charge in [-0.05, 0) is 17.7 Å². The molecule has 0 fully saturated rings. The minimum absolute atomic E-state index is 0.168. The Hall–Kier alpha value is -3.59. The summed E-state index contributed by atoms with van der Waals surface area (Å²) in [7, 11) is 1.72. The van der Waals surface area contributed by atoms with E-state index < -0.39 is 6.04 Å². The van der Waals surface area contributed by atoms with Gasteiger partial charge in [-0.15, -0.1) is 11.8 Å². The number of H-pyrrole nitrogens is 1. The van der Waals surface area contributed by atoms with Gasteiger partial charge in [0.25, 0.3) is 5.91 Å². The molecule has 0 unspecified atom stereocenters. The van der Waals surface area contributed by atoms with Gasteiger partial charge in [-0.3, -0.25) is 9.59 Å². The van der Waals surface area contributed by atoms with Crippen LogP contribution >= 0.6 is 11.8 Å². The number of carbonyl (C=O) groups is 2. The Kier molecular flexibility index (Phi) is 4.95. The fourth-order valence-corrected chi connectivity index (χ4v) is 4.74. The first kappa shape index (κ1) is 19.4. The van der Waals surface area contributed by atoms with Gasteiger partial charge in [-0.2, -0.15) is 0 Å². The second kappa shape index (κ2) is 7.92. The number of aromatic amines is 1. The molecular weight excluding hydrogens is 412 g/mol. The van der Waals surface area contributed by atoms with Crippen molar-refractivity contribution in [1.82, 2.24) is 24.8 Å². The number of imidazole rings is 2. The second-order valence-electron chi connectivity index (χ2n) is 7.39. The number of hydrogen-bond donors (Lipinski definition) is 2. The van der Waals surface area contributed by atoms with Crippen molar-refractivity contribution in [3.63, 3.8) is 0 Å². The van der Waals surface area contributed by atoms with Crippen LogP contribution in [0.3, 0.4) is 0 Å². The molecule has 1 aliphatic heterocycles. The lowest BCUT2D eigenvalue weighted by molar-refractivity contribution is -0.119. The number of nitrogens with one attached hydrogen (secondary N) is 2. The molecule has 8 nitrogen and oxygen atoms in total. The topological polar surface area (TPSA) is 95.9 Å². The highest BCUT2D eigenvalue weighted by molar-refractivity contribution is 7.99. The van der Waals surface area contributed by atoms with Crippen LogP contribution in [0, 0.1) is 0 Å². The molecule has 1 atom stereocenters. The van der Waals surface area contributed by atoms with Crippen LogP contribution in [0.1, 0.15) is 16.1 Å². The molecule has 2 N–H and O–H groups in total. The Balaban J connectivity index is 1.31. The van der Waals surface area contributed by atoms with E-state index in [0.29, 0.717) is 12.3 Å². The van der Waals surface area contributed by atoms with Gasteiger partial charge in [0.2, 0.25) is 5.91 Å². The molecule has 9 heteroatoms. The van der Waals surface area contributed by atoms with E-state index in [9.17, 15) is 9.59 Å². The summed E-state index contributed by atoms with van der Waals surface area (Å²) in [5.41, 5.74) is 3.91. The molecule has 0 saturated carbocycles. The highest BCUT2D eigenvalue weighted by atomic mass is 32.2. The van der Waals surface area contributed by atoms with Crippen LogP contribution in [0.5, 0.6) is 0 Å². The first-order valence-corrected chi connectivity index (χ1v) is 10.8. The summed E-state index contributed by atoms with van der Waals surface area (Å²) in [6.07, 6.45) is 4.96. The molecule has 2 amide bonds. The first-order chi connectivity index (χ1) is 15.1. The third kappa shape index (κ3) is 3.79. The summed E-state index contributed by atoms with van der Waals surface area (Å²) >= 11 is 1.54. The number of benzene rings is 2. The molecule has 0 bridgehead atoms. The van der Waals surface area contributed by atoms with Gasteiger partial charge in [0.05, 0.1) is 29.4 Å². The molecule has 0 spiro atoms. The summed E-state index contributed by atoms with van der Waals surface area (Å²) < 4.78 is 1.85. The van der Waals surface area contributed by atoms with Crippen LogP contribution in [-0.4, -0.2) is 50.2 Å². The van der Waals surface area contributed by atoms with E-state index in [1.165, 1.54) is 11.8 Å². The fourth-order valence-electron chi connectivity index (χ4n) is 3.62. The smallest absolute Gasteiger partial charge is 0.272 e. The van der Waals surface area contributed by atoms with E-state index in [1.54, 1.807) is 30.8 Å². The predicted molar refractivity (Wildman–Crippen MR) is 119 cm³/mol. The number of fused-ring (bicyclic) bond motifs is 2.